The lowest BCUT2D eigenvalue weighted by Gasteiger charge is -2.39. The van der Waals surface area contributed by atoms with E-state index in [4.69, 9.17) is 0 Å². The molecule has 3 saturated heterocycles. The largest absolute Gasteiger partial charge is 0.301 e. The second kappa shape index (κ2) is 1.71. The molecule has 2 bridgehead atoms. The molecule has 0 aromatic carbocycles. The Hall–Kier alpha value is -0.0800. The maximum atomic E-state index is 3.44. The minimum Gasteiger partial charge on any atom is -0.301 e. The van der Waals surface area contributed by atoms with Crippen molar-refractivity contribution in [1.82, 2.24) is 10.2 Å². The van der Waals surface area contributed by atoms with Crippen molar-refractivity contribution in [2.45, 2.75) is 18.9 Å². The van der Waals surface area contributed by atoms with Gasteiger partial charge in [0, 0.05) is 25.8 Å². The van der Waals surface area contributed by atoms with Gasteiger partial charge in [-0.2, -0.15) is 0 Å². The minimum absolute atomic E-state index is 0.861. The molecule has 0 unspecified atom stereocenters. The molecule has 8 heavy (non-hydrogen) atoms. The summed E-state index contributed by atoms with van der Waals surface area (Å²) < 4.78 is 0. The monoisotopic (exact) mass is 112 g/mol. The van der Waals surface area contributed by atoms with Crippen molar-refractivity contribution >= 4 is 0 Å². The Balaban J connectivity index is 2.03. The summed E-state index contributed by atoms with van der Waals surface area (Å²) in [4.78, 5) is 2.47. The van der Waals surface area contributed by atoms with Crippen molar-refractivity contribution < 1.29 is 0 Å². The molecule has 1 N–H and O–H groups in total. The molecule has 0 aromatic heterocycles. The molecule has 0 aromatic rings. The van der Waals surface area contributed by atoms with E-state index in [9.17, 15) is 0 Å². The third kappa shape index (κ3) is 0.644. The zero-order valence-corrected chi connectivity index (χ0v) is 5.06. The Morgan fingerprint density at radius 2 is 2.00 bits per heavy atom. The van der Waals surface area contributed by atoms with Crippen molar-refractivity contribution in [3.63, 3.8) is 0 Å². The SMILES string of the molecule is C1CN2CCC1NC2. The topological polar surface area (TPSA) is 15.3 Å². The number of piperidine rings is 1. The van der Waals surface area contributed by atoms with Crippen LogP contribution >= 0.6 is 0 Å². The highest BCUT2D eigenvalue weighted by Crippen LogP contribution is 2.13. The van der Waals surface area contributed by atoms with E-state index in [1.54, 1.807) is 0 Å². The Kier molecular flexibility index (Phi) is 1.02. The third-order valence-electron chi connectivity index (χ3n) is 2.19. The summed E-state index contributed by atoms with van der Waals surface area (Å²) in [5.74, 6) is 0. The molecule has 0 amide bonds. The summed E-state index contributed by atoms with van der Waals surface area (Å²) in [7, 11) is 0. The molecule has 3 aliphatic heterocycles. The molecule has 0 spiro atoms. The average Bonchev–Trinajstić information content (AvgIpc) is 1.92. The molecule has 3 aliphatic rings. The normalized spacial score (nSPS) is 45.0. The summed E-state index contributed by atoms with van der Waals surface area (Å²) in [6, 6.07) is 0.861. The lowest BCUT2D eigenvalue weighted by atomic mass is 10.0. The van der Waals surface area contributed by atoms with Crippen molar-refractivity contribution in [2.75, 3.05) is 19.8 Å². The van der Waals surface area contributed by atoms with E-state index in [0.717, 1.165) is 12.7 Å². The molecular weight excluding hydrogens is 100 g/mol. The minimum atomic E-state index is 0.861. The van der Waals surface area contributed by atoms with Crippen LogP contribution in [0.25, 0.3) is 0 Å². The van der Waals surface area contributed by atoms with Gasteiger partial charge in [0.05, 0.1) is 0 Å². The van der Waals surface area contributed by atoms with Crippen LogP contribution in [0.4, 0.5) is 0 Å². The van der Waals surface area contributed by atoms with E-state index in [1.807, 2.05) is 0 Å². The van der Waals surface area contributed by atoms with Gasteiger partial charge in [-0.25, -0.2) is 0 Å². The first-order valence-corrected chi connectivity index (χ1v) is 3.41. The molecule has 0 atom stereocenters. The maximum Gasteiger partial charge on any atom is 0.0482 e. The van der Waals surface area contributed by atoms with Gasteiger partial charge in [-0.3, -0.25) is 4.90 Å². The lowest BCUT2D eigenvalue weighted by molar-refractivity contribution is 0.117. The third-order valence-corrected chi connectivity index (χ3v) is 2.19. The van der Waals surface area contributed by atoms with E-state index in [0.29, 0.717) is 0 Å². The number of nitrogens with zero attached hydrogens (tertiary/aromatic N) is 1. The zero-order valence-electron chi connectivity index (χ0n) is 5.06. The van der Waals surface area contributed by atoms with Gasteiger partial charge in [-0.05, 0) is 12.8 Å². The fraction of sp³-hybridized carbons (Fsp3) is 1.00. The summed E-state index contributed by atoms with van der Waals surface area (Å²) in [5, 5.41) is 3.44. The van der Waals surface area contributed by atoms with Crippen molar-refractivity contribution in [2.24, 2.45) is 0 Å². The summed E-state index contributed by atoms with van der Waals surface area (Å²) in [6.45, 7) is 3.81. The molecule has 3 heterocycles. The van der Waals surface area contributed by atoms with Crippen molar-refractivity contribution in [3.8, 4) is 0 Å². The van der Waals surface area contributed by atoms with Gasteiger partial charge in [-0.15, -0.1) is 0 Å². The van der Waals surface area contributed by atoms with Crippen LogP contribution in [0.3, 0.4) is 0 Å². The Morgan fingerprint density at radius 1 is 1.25 bits per heavy atom. The van der Waals surface area contributed by atoms with Crippen LogP contribution in [0, 0.1) is 0 Å². The van der Waals surface area contributed by atoms with Crippen LogP contribution < -0.4 is 5.32 Å². The van der Waals surface area contributed by atoms with Gasteiger partial charge in [0.1, 0.15) is 0 Å². The number of hydrogen-bond acceptors (Lipinski definition) is 2. The first-order valence-electron chi connectivity index (χ1n) is 3.41. The van der Waals surface area contributed by atoms with E-state index in [2.05, 4.69) is 10.2 Å². The van der Waals surface area contributed by atoms with Gasteiger partial charge < -0.3 is 5.32 Å². The molecule has 0 saturated carbocycles. The molecule has 2 nitrogen and oxygen atoms in total. The van der Waals surface area contributed by atoms with E-state index in [-0.39, 0.29) is 0 Å². The molecule has 46 valence electrons. The average molecular weight is 112 g/mol. The summed E-state index contributed by atoms with van der Waals surface area (Å²) in [5.41, 5.74) is 0. The Bertz CT molecular complexity index is 61.5. The first-order chi connectivity index (χ1) is 3.95. The predicted octanol–water partition coefficient (Wildman–Crippen LogP) is 0.0115. The number of fused-ring (bicyclic) bond motifs is 3. The van der Waals surface area contributed by atoms with Crippen LogP contribution in [0.5, 0.6) is 0 Å². The standard InChI is InChI=1S/C6H12N2/c1-3-8-4-2-6(1)7-5-8/h6-7H,1-5H2. The summed E-state index contributed by atoms with van der Waals surface area (Å²) in [6.07, 6.45) is 2.75. The number of hydrogen-bond donors (Lipinski definition) is 1. The van der Waals surface area contributed by atoms with Crippen molar-refractivity contribution in [3.05, 3.63) is 0 Å². The lowest BCUT2D eigenvalue weighted by Crippen LogP contribution is -2.54. The van der Waals surface area contributed by atoms with Crippen molar-refractivity contribution in [1.29, 1.82) is 0 Å². The quantitative estimate of drug-likeness (QED) is 0.475. The van der Waals surface area contributed by atoms with Gasteiger partial charge in [-0.1, -0.05) is 0 Å². The van der Waals surface area contributed by atoms with E-state index < -0.39 is 0 Å². The van der Waals surface area contributed by atoms with Gasteiger partial charge in [0.2, 0.25) is 0 Å². The number of rotatable bonds is 0. The molecule has 0 radical (unpaired) electrons. The maximum absolute atomic E-state index is 3.44. The van der Waals surface area contributed by atoms with Crippen LogP contribution in [-0.2, 0) is 0 Å². The second-order valence-corrected chi connectivity index (χ2v) is 2.75. The smallest absolute Gasteiger partial charge is 0.0482 e. The van der Waals surface area contributed by atoms with Gasteiger partial charge in [0.15, 0.2) is 0 Å². The predicted molar refractivity (Wildman–Crippen MR) is 32.6 cm³/mol. The molecular formula is C6H12N2. The zero-order chi connectivity index (χ0) is 5.40. The van der Waals surface area contributed by atoms with Gasteiger partial charge >= 0.3 is 0 Å². The van der Waals surface area contributed by atoms with E-state index >= 15 is 0 Å². The summed E-state index contributed by atoms with van der Waals surface area (Å²) >= 11 is 0. The van der Waals surface area contributed by atoms with Gasteiger partial charge in [0.25, 0.3) is 0 Å². The highest BCUT2D eigenvalue weighted by atomic mass is 15.3. The Morgan fingerprint density at radius 3 is 2.12 bits per heavy atom. The van der Waals surface area contributed by atoms with E-state index in [1.165, 1.54) is 25.9 Å². The number of nitrogens with one attached hydrogen (secondary N) is 1. The fourth-order valence-corrected chi connectivity index (χ4v) is 1.55. The molecule has 3 rings (SSSR count). The Labute approximate surface area is 49.9 Å². The second-order valence-electron chi connectivity index (χ2n) is 2.75. The highest BCUT2D eigenvalue weighted by Gasteiger charge is 2.23. The molecule has 3 fully saturated rings. The van der Waals surface area contributed by atoms with Crippen LogP contribution in [0.1, 0.15) is 12.8 Å². The first kappa shape index (κ1) is 4.77. The molecule has 0 aliphatic carbocycles. The molecule has 2 heteroatoms. The van der Waals surface area contributed by atoms with Crippen LogP contribution in [0.15, 0.2) is 0 Å². The highest BCUT2D eigenvalue weighted by molar-refractivity contribution is 4.81. The van der Waals surface area contributed by atoms with Crippen LogP contribution in [-0.4, -0.2) is 30.7 Å². The van der Waals surface area contributed by atoms with Crippen LogP contribution in [0.2, 0.25) is 0 Å². The fourth-order valence-electron chi connectivity index (χ4n) is 1.55.